The van der Waals surface area contributed by atoms with E-state index < -0.39 is 5.82 Å². The van der Waals surface area contributed by atoms with Crippen molar-refractivity contribution in [2.75, 3.05) is 5.73 Å². The van der Waals surface area contributed by atoms with Gasteiger partial charge >= 0.3 is 0 Å². The maximum Gasteiger partial charge on any atom is 0.159 e. The summed E-state index contributed by atoms with van der Waals surface area (Å²) in [5.74, 6) is -0.0412. The van der Waals surface area contributed by atoms with Crippen LogP contribution in [0.2, 0.25) is 5.02 Å². The molecule has 0 aliphatic rings. The van der Waals surface area contributed by atoms with E-state index in [-0.39, 0.29) is 0 Å². The van der Waals surface area contributed by atoms with Crippen molar-refractivity contribution in [1.29, 1.82) is 0 Å². The van der Waals surface area contributed by atoms with Crippen LogP contribution in [0.15, 0.2) is 59.3 Å². The topological polar surface area (TPSA) is 64.7 Å². The van der Waals surface area contributed by atoms with Gasteiger partial charge in [-0.25, -0.2) is 19.3 Å². The summed E-state index contributed by atoms with van der Waals surface area (Å²) >= 11 is 9.47. The van der Waals surface area contributed by atoms with E-state index >= 15 is 0 Å². The molecule has 4 aromatic rings. The van der Waals surface area contributed by atoms with Crippen LogP contribution in [0.5, 0.6) is 0 Å². The molecule has 1 aromatic carbocycles. The predicted molar refractivity (Wildman–Crippen MR) is 105 cm³/mol. The maximum atomic E-state index is 14.5. The second kappa shape index (κ2) is 6.63. The van der Waals surface area contributed by atoms with Crippen LogP contribution >= 0.6 is 27.5 Å². The number of halogens is 3. The van der Waals surface area contributed by atoms with Gasteiger partial charge in [0.15, 0.2) is 5.65 Å². The first-order chi connectivity index (χ1) is 12.5. The molecule has 0 spiro atoms. The summed E-state index contributed by atoms with van der Waals surface area (Å²) in [5, 5.41) is 1.26. The Labute approximate surface area is 162 Å². The van der Waals surface area contributed by atoms with E-state index in [4.69, 9.17) is 17.3 Å². The Balaban J connectivity index is 2.06. The highest BCUT2D eigenvalue weighted by Crippen LogP contribution is 2.36. The van der Waals surface area contributed by atoms with E-state index in [1.165, 1.54) is 12.1 Å². The van der Waals surface area contributed by atoms with Crippen LogP contribution in [0.4, 0.5) is 10.2 Å². The van der Waals surface area contributed by atoms with Crippen molar-refractivity contribution in [2.45, 2.75) is 0 Å². The van der Waals surface area contributed by atoms with Gasteiger partial charge < -0.3 is 5.73 Å². The van der Waals surface area contributed by atoms with Gasteiger partial charge in [0.2, 0.25) is 0 Å². The van der Waals surface area contributed by atoms with Crippen molar-refractivity contribution in [3.63, 3.8) is 0 Å². The van der Waals surface area contributed by atoms with Crippen LogP contribution in [-0.2, 0) is 0 Å². The average molecular weight is 430 g/mol. The van der Waals surface area contributed by atoms with Crippen molar-refractivity contribution in [1.82, 2.24) is 15.0 Å². The molecule has 0 saturated heterocycles. The normalized spacial score (nSPS) is 11.0. The summed E-state index contributed by atoms with van der Waals surface area (Å²) in [6, 6.07) is 11.8. The van der Waals surface area contributed by atoms with Crippen molar-refractivity contribution < 1.29 is 4.39 Å². The summed E-state index contributed by atoms with van der Waals surface area (Å²) in [7, 11) is 0. The number of hydrogen-bond acceptors (Lipinski definition) is 4. The SMILES string of the molecule is Nc1ncc(-c2cc3cccnc3nc2-c2cc(Cl)ccc2F)cc1Br. The van der Waals surface area contributed by atoms with E-state index in [0.717, 1.165) is 10.9 Å². The molecule has 0 radical (unpaired) electrons. The van der Waals surface area contributed by atoms with Gasteiger partial charge in [0.25, 0.3) is 0 Å². The van der Waals surface area contributed by atoms with Gasteiger partial charge in [-0.2, -0.15) is 0 Å². The van der Waals surface area contributed by atoms with Crippen LogP contribution < -0.4 is 5.73 Å². The molecule has 128 valence electrons. The Morgan fingerprint density at radius 3 is 2.69 bits per heavy atom. The summed E-state index contributed by atoms with van der Waals surface area (Å²) in [6.07, 6.45) is 3.28. The molecule has 26 heavy (non-hydrogen) atoms. The van der Waals surface area contributed by atoms with Gasteiger partial charge in [-0.3, -0.25) is 0 Å². The van der Waals surface area contributed by atoms with Crippen LogP contribution in [0, 0.1) is 5.82 Å². The van der Waals surface area contributed by atoms with Crippen molar-refractivity contribution in [3.05, 3.63) is 70.2 Å². The minimum Gasteiger partial charge on any atom is -0.383 e. The summed E-state index contributed by atoms with van der Waals surface area (Å²) in [4.78, 5) is 13.0. The molecule has 2 N–H and O–H groups in total. The molecular weight excluding hydrogens is 419 g/mol. The van der Waals surface area contributed by atoms with E-state index in [1.54, 1.807) is 18.5 Å². The lowest BCUT2D eigenvalue weighted by atomic mass is 9.99. The Kier molecular flexibility index (Phi) is 4.30. The Morgan fingerprint density at radius 1 is 1.04 bits per heavy atom. The van der Waals surface area contributed by atoms with Crippen LogP contribution in [0.1, 0.15) is 0 Å². The van der Waals surface area contributed by atoms with Gasteiger partial charge in [0.05, 0.1) is 10.2 Å². The van der Waals surface area contributed by atoms with Crippen molar-refractivity contribution >= 4 is 44.4 Å². The van der Waals surface area contributed by atoms with E-state index in [0.29, 0.717) is 37.8 Å². The highest BCUT2D eigenvalue weighted by Gasteiger charge is 2.16. The molecule has 0 aliphatic heterocycles. The van der Waals surface area contributed by atoms with E-state index in [2.05, 4.69) is 30.9 Å². The number of fused-ring (bicyclic) bond motifs is 1. The molecule has 3 heterocycles. The second-order valence-corrected chi connectivity index (χ2v) is 6.94. The number of aromatic nitrogens is 3. The number of hydrogen-bond donors (Lipinski definition) is 1. The minimum atomic E-state index is -0.416. The molecule has 0 atom stereocenters. The van der Waals surface area contributed by atoms with Gasteiger partial charge in [-0.05, 0) is 58.4 Å². The molecule has 0 aliphatic carbocycles. The number of benzene rings is 1. The Bertz CT molecular complexity index is 1150. The quantitative estimate of drug-likeness (QED) is 0.457. The Hall–Kier alpha value is -2.57. The summed E-state index contributed by atoms with van der Waals surface area (Å²) < 4.78 is 15.2. The lowest BCUT2D eigenvalue weighted by molar-refractivity contribution is 0.631. The number of pyridine rings is 3. The van der Waals surface area contributed by atoms with Crippen molar-refractivity contribution in [2.24, 2.45) is 0 Å². The molecule has 3 aromatic heterocycles. The van der Waals surface area contributed by atoms with Gasteiger partial charge in [0.1, 0.15) is 11.6 Å². The highest BCUT2D eigenvalue weighted by molar-refractivity contribution is 9.10. The third kappa shape index (κ3) is 3.02. The second-order valence-electron chi connectivity index (χ2n) is 5.65. The summed E-state index contributed by atoms with van der Waals surface area (Å²) in [6.45, 7) is 0. The molecule has 7 heteroatoms. The first kappa shape index (κ1) is 16.9. The fourth-order valence-corrected chi connectivity index (χ4v) is 3.23. The number of anilines is 1. The molecule has 0 bridgehead atoms. The number of nitrogens with two attached hydrogens (primary N) is 1. The molecule has 0 saturated carbocycles. The standard InChI is InChI=1S/C19H11BrClFN4/c20-15-7-11(9-25-18(15)23)13-6-10-2-1-5-24-19(10)26-17(13)14-8-12(21)3-4-16(14)22/h1-9H,(H2,23,25). The lowest BCUT2D eigenvalue weighted by Gasteiger charge is -2.12. The molecular formula is C19H11BrClFN4. The first-order valence-corrected chi connectivity index (χ1v) is 8.82. The lowest BCUT2D eigenvalue weighted by Crippen LogP contribution is -1.97. The fraction of sp³-hybridized carbons (Fsp3) is 0. The van der Waals surface area contributed by atoms with Gasteiger partial charge in [-0.1, -0.05) is 11.6 Å². The maximum absolute atomic E-state index is 14.5. The third-order valence-electron chi connectivity index (χ3n) is 3.95. The monoisotopic (exact) mass is 428 g/mol. The molecule has 4 nitrogen and oxygen atoms in total. The summed E-state index contributed by atoms with van der Waals surface area (Å²) in [5.41, 5.74) is 8.51. The molecule has 4 rings (SSSR count). The zero-order chi connectivity index (χ0) is 18.3. The predicted octanol–water partition coefficient (Wildman–Crippen LogP) is 5.50. The number of nitrogens with zero attached hydrogens (tertiary/aromatic N) is 3. The minimum absolute atomic E-state index is 0.299. The van der Waals surface area contributed by atoms with Crippen LogP contribution in [0.3, 0.4) is 0 Å². The zero-order valence-electron chi connectivity index (χ0n) is 13.2. The molecule has 0 fully saturated rings. The first-order valence-electron chi connectivity index (χ1n) is 7.65. The smallest absolute Gasteiger partial charge is 0.159 e. The number of rotatable bonds is 2. The van der Waals surface area contributed by atoms with E-state index in [1.807, 2.05) is 24.3 Å². The van der Waals surface area contributed by atoms with Gasteiger partial charge in [0, 0.05) is 39.5 Å². The average Bonchev–Trinajstić information content (AvgIpc) is 2.65. The Morgan fingerprint density at radius 2 is 1.88 bits per heavy atom. The molecule has 0 amide bonds. The highest BCUT2D eigenvalue weighted by atomic mass is 79.9. The zero-order valence-corrected chi connectivity index (χ0v) is 15.6. The van der Waals surface area contributed by atoms with E-state index in [9.17, 15) is 4.39 Å². The largest absolute Gasteiger partial charge is 0.383 e. The number of nitrogen functional groups attached to an aromatic ring is 1. The molecule has 0 unspecified atom stereocenters. The van der Waals surface area contributed by atoms with Crippen LogP contribution in [-0.4, -0.2) is 15.0 Å². The van der Waals surface area contributed by atoms with Crippen LogP contribution in [0.25, 0.3) is 33.4 Å². The van der Waals surface area contributed by atoms with Gasteiger partial charge in [-0.15, -0.1) is 0 Å². The third-order valence-corrected chi connectivity index (χ3v) is 4.82. The fourth-order valence-electron chi connectivity index (χ4n) is 2.71. The van der Waals surface area contributed by atoms with Crippen molar-refractivity contribution in [3.8, 4) is 22.4 Å².